The normalized spacial score (nSPS) is 23.2. The third-order valence-electron chi connectivity index (χ3n) is 5.04. The fourth-order valence-electron chi connectivity index (χ4n) is 3.51. The summed E-state index contributed by atoms with van der Waals surface area (Å²) < 4.78 is 5.35. The van der Waals surface area contributed by atoms with Gasteiger partial charge in [0, 0.05) is 51.6 Å². The molecular weight excluding hydrogens is 429 g/mol. The van der Waals surface area contributed by atoms with Gasteiger partial charge in [-0.3, -0.25) is 4.99 Å². The van der Waals surface area contributed by atoms with E-state index in [1.165, 1.54) is 5.56 Å². The fourth-order valence-corrected chi connectivity index (χ4v) is 3.51. The van der Waals surface area contributed by atoms with Crippen molar-refractivity contribution in [3.8, 4) is 0 Å². The molecule has 0 aromatic heterocycles. The predicted octanol–water partition coefficient (Wildman–Crippen LogP) is 2.60. The van der Waals surface area contributed by atoms with Crippen molar-refractivity contribution >= 4 is 29.9 Å². The van der Waals surface area contributed by atoms with E-state index in [-0.39, 0.29) is 24.0 Å². The molecule has 2 heterocycles. The molecule has 140 valence electrons. The van der Waals surface area contributed by atoms with Crippen LogP contribution in [0.5, 0.6) is 0 Å². The third-order valence-corrected chi connectivity index (χ3v) is 5.04. The highest BCUT2D eigenvalue weighted by atomic mass is 127. The van der Waals surface area contributed by atoms with Crippen molar-refractivity contribution in [2.45, 2.75) is 37.7 Å². The van der Waals surface area contributed by atoms with Crippen molar-refractivity contribution in [1.29, 1.82) is 0 Å². The summed E-state index contributed by atoms with van der Waals surface area (Å²) >= 11 is 0. The molecule has 0 saturated carbocycles. The standard InChI is InChI=1S/C19H29N3O2.HI/c1-2-20-18(21-15-19(23)9-12-24-13-10-19)22-11-8-17(14-22)16-6-4-3-5-7-16;/h3-7,17,23H,2,8-15H2,1H3,(H,20,21);1H. The maximum Gasteiger partial charge on any atom is 0.194 e. The van der Waals surface area contributed by atoms with Crippen LogP contribution in [0.2, 0.25) is 0 Å². The number of hydrogen-bond donors (Lipinski definition) is 2. The molecule has 0 spiro atoms. The minimum atomic E-state index is -0.711. The molecule has 0 bridgehead atoms. The molecule has 25 heavy (non-hydrogen) atoms. The Morgan fingerprint density at radius 1 is 1.32 bits per heavy atom. The minimum Gasteiger partial charge on any atom is -0.388 e. The highest BCUT2D eigenvalue weighted by Gasteiger charge is 2.31. The van der Waals surface area contributed by atoms with E-state index in [4.69, 9.17) is 9.73 Å². The number of rotatable bonds is 4. The molecular formula is C19H30IN3O2. The smallest absolute Gasteiger partial charge is 0.194 e. The van der Waals surface area contributed by atoms with Crippen LogP contribution in [-0.4, -0.2) is 61.0 Å². The van der Waals surface area contributed by atoms with Crippen LogP contribution in [0.25, 0.3) is 0 Å². The molecule has 0 aliphatic carbocycles. The predicted molar refractivity (Wildman–Crippen MR) is 112 cm³/mol. The molecule has 0 amide bonds. The second kappa shape index (κ2) is 9.73. The number of nitrogens with zero attached hydrogens (tertiary/aromatic N) is 2. The molecule has 1 aromatic rings. The fraction of sp³-hybridized carbons (Fsp3) is 0.632. The minimum absolute atomic E-state index is 0. The van der Waals surface area contributed by atoms with Gasteiger partial charge in [0.05, 0.1) is 12.1 Å². The lowest BCUT2D eigenvalue weighted by Crippen LogP contribution is -2.43. The van der Waals surface area contributed by atoms with Crippen molar-refractivity contribution in [1.82, 2.24) is 10.2 Å². The topological polar surface area (TPSA) is 57.1 Å². The van der Waals surface area contributed by atoms with Crippen molar-refractivity contribution in [2.24, 2.45) is 4.99 Å². The number of guanidine groups is 1. The first-order valence-corrected chi connectivity index (χ1v) is 9.08. The van der Waals surface area contributed by atoms with Gasteiger partial charge in [-0.15, -0.1) is 24.0 Å². The van der Waals surface area contributed by atoms with Crippen LogP contribution in [-0.2, 0) is 4.74 Å². The van der Waals surface area contributed by atoms with Gasteiger partial charge in [-0.1, -0.05) is 30.3 Å². The van der Waals surface area contributed by atoms with Crippen LogP contribution < -0.4 is 5.32 Å². The summed E-state index contributed by atoms with van der Waals surface area (Å²) in [4.78, 5) is 7.07. The number of aliphatic hydroxyl groups is 1. The van der Waals surface area contributed by atoms with E-state index in [1.807, 2.05) is 0 Å². The number of hydrogen-bond acceptors (Lipinski definition) is 3. The average molecular weight is 459 g/mol. The molecule has 2 aliphatic rings. The summed E-state index contributed by atoms with van der Waals surface area (Å²) in [5.41, 5.74) is 0.691. The van der Waals surface area contributed by atoms with E-state index >= 15 is 0 Å². The lowest BCUT2D eigenvalue weighted by molar-refractivity contribution is -0.0566. The van der Waals surface area contributed by atoms with E-state index in [1.54, 1.807) is 0 Å². The van der Waals surface area contributed by atoms with Gasteiger partial charge in [0.1, 0.15) is 0 Å². The first-order chi connectivity index (χ1) is 11.7. The van der Waals surface area contributed by atoms with E-state index in [0.29, 0.717) is 38.5 Å². The first-order valence-electron chi connectivity index (χ1n) is 9.08. The summed E-state index contributed by atoms with van der Waals surface area (Å²) in [5.74, 6) is 1.48. The Morgan fingerprint density at radius 2 is 2.04 bits per heavy atom. The van der Waals surface area contributed by atoms with Gasteiger partial charge >= 0.3 is 0 Å². The van der Waals surface area contributed by atoms with E-state index in [2.05, 4.69) is 47.5 Å². The van der Waals surface area contributed by atoms with Gasteiger partial charge in [-0.05, 0) is 18.9 Å². The van der Waals surface area contributed by atoms with Gasteiger partial charge < -0.3 is 20.1 Å². The zero-order valence-corrected chi connectivity index (χ0v) is 17.3. The number of aliphatic imine (C=N–C) groups is 1. The molecule has 1 atom stereocenters. The third kappa shape index (κ3) is 5.56. The van der Waals surface area contributed by atoms with Crippen LogP contribution >= 0.6 is 24.0 Å². The molecule has 1 unspecified atom stereocenters. The Balaban J connectivity index is 0.00000225. The zero-order valence-electron chi connectivity index (χ0n) is 15.0. The molecule has 2 N–H and O–H groups in total. The van der Waals surface area contributed by atoms with Gasteiger partial charge in [-0.2, -0.15) is 0 Å². The maximum atomic E-state index is 10.6. The highest BCUT2D eigenvalue weighted by molar-refractivity contribution is 14.0. The molecule has 3 rings (SSSR count). The quantitative estimate of drug-likeness (QED) is 0.413. The molecule has 2 saturated heterocycles. The Kier molecular flexibility index (Phi) is 7.96. The number of halogens is 1. The second-order valence-electron chi connectivity index (χ2n) is 6.85. The Hall–Kier alpha value is -0.860. The van der Waals surface area contributed by atoms with E-state index in [9.17, 15) is 5.11 Å². The molecule has 6 heteroatoms. The largest absolute Gasteiger partial charge is 0.388 e. The van der Waals surface area contributed by atoms with Gasteiger partial charge in [-0.25, -0.2) is 0 Å². The summed E-state index contributed by atoms with van der Waals surface area (Å²) in [5, 5.41) is 14.0. The second-order valence-corrected chi connectivity index (χ2v) is 6.85. The van der Waals surface area contributed by atoms with Crippen LogP contribution in [0, 0.1) is 0 Å². The summed E-state index contributed by atoms with van der Waals surface area (Å²) in [7, 11) is 0. The maximum absolute atomic E-state index is 10.6. The van der Waals surface area contributed by atoms with Gasteiger partial charge in [0.2, 0.25) is 0 Å². The summed E-state index contributed by atoms with van der Waals surface area (Å²) in [6, 6.07) is 10.7. The van der Waals surface area contributed by atoms with Crippen LogP contribution in [0.1, 0.15) is 37.7 Å². The molecule has 0 radical (unpaired) electrons. The van der Waals surface area contributed by atoms with Crippen molar-refractivity contribution in [3.05, 3.63) is 35.9 Å². The van der Waals surface area contributed by atoms with Crippen LogP contribution in [0.3, 0.4) is 0 Å². The number of ether oxygens (including phenoxy) is 1. The lowest BCUT2D eigenvalue weighted by Gasteiger charge is -2.31. The van der Waals surface area contributed by atoms with Crippen LogP contribution in [0.15, 0.2) is 35.3 Å². The van der Waals surface area contributed by atoms with Crippen molar-refractivity contribution in [3.63, 3.8) is 0 Å². The molecule has 2 fully saturated rings. The lowest BCUT2D eigenvalue weighted by atomic mass is 9.95. The number of likely N-dealkylation sites (tertiary alicyclic amines) is 1. The molecule has 5 nitrogen and oxygen atoms in total. The van der Waals surface area contributed by atoms with Crippen LogP contribution in [0.4, 0.5) is 0 Å². The molecule has 2 aliphatic heterocycles. The van der Waals surface area contributed by atoms with Gasteiger partial charge in [0.25, 0.3) is 0 Å². The van der Waals surface area contributed by atoms with E-state index in [0.717, 1.165) is 32.0 Å². The monoisotopic (exact) mass is 459 g/mol. The van der Waals surface area contributed by atoms with Gasteiger partial charge in [0.15, 0.2) is 5.96 Å². The zero-order chi connectivity index (χ0) is 16.8. The Bertz CT molecular complexity index is 547. The highest BCUT2D eigenvalue weighted by Crippen LogP contribution is 2.27. The first kappa shape index (κ1) is 20.5. The summed E-state index contributed by atoms with van der Waals surface area (Å²) in [6.45, 7) is 6.62. The number of nitrogens with one attached hydrogen (secondary N) is 1. The van der Waals surface area contributed by atoms with Crippen molar-refractivity contribution < 1.29 is 9.84 Å². The summed E-state index contributed by atoms with van der Waals surface area (Å²) in [6.07, 6.45) is 2.48. The molecule has 1 aromatic carbocycles. The number of benzene rings is 1. The Labute approximate surface area is 167 Å². The Morgan fingerprint density at radius 3 is 2.72 bits per heavy atom. The SMILES string of the molecule is CCNC(=NCC1(O)CCOCC1)N1CCC(c2ccccc2)C1.I. The average Bonchev–Trinajstić information content (AvgIpc) is 3.10. The van der Waals surface area contributed by atoms with E-state index < -0.39 is 5.60 Å². The van der Waals surface area contributed by atoms with Crippen molar-refractivity contribution in [2.75, 3.05) is 39.4 Å².